The van der Waals surface area contributed by atoms with E-state index in [9.17, 15) is 9.59 Å². The molecule has 1 fully saturated rings. The first-order valence-electron chi connectivity index (χ1n) is 9.46. The Morgan fingerprint density at radius 3 is 2.62 bits per heavy atom. The van der Waals surface area contributed by atoms with Crippen molar-refractivity contribution in [2.24, 2.45) is 0 Å². The molecule has 0 aromatic heterocycles. The van der Waals surface area contributed by atoms with Crippen LogP contribution in [0.4, 0.5) is 5.69 Å². The SMILES string of the molecule is CCOc1cc(/C=C2\SC(=S)N(c3ccccc3OC)C2=O)cc(Br)c1OCC(=O)OC. The van der Waals surface area contributed by atoms with Crippen LogP contribution in [0.3, 0.4) is 0 Å². The zero-order valence-electron chi connectivity index (χ0n) is 17.5. The lowest BCUT2D eigenvalue weighted by Crippen LogP contribution is -2.27. The van der Waals surface area contributed by atoms with Gasteiger partial charge in [0.05, 0.1) is 35.9 Å². The third kappa shape index (κ3) is 5.25. The summed E-state index contributed by atoms with van der Waals surface area (Å²) < 4.78 is 22.2. The summed E-state index contributed by atoms with van der Waals surface area (Å²) in [5, 5.41) is 0. The quantitative estimate of drug-likeness (QED) is 0.269. The van der Waals surface area contributed by atoms with Gasteiger partial charge in [-0.05, 0) is 58.8 Å². The second-order valence-corrected chi connectivity index (χ2v) is 8.85. The summed E-state index contributed by atoms with van der Waals surface area (Å²) in [6.07, 6.45) is 1.73. The highest BCUT2D eigenvalue weighted by Crippen LogP contribution is 2.42. The second-order valence-electron chi connectivity index (χ2n) is 6.32. The van der Waals surface area contributed by atoms with Crippen molar-refractivity contribution in [3.63, 3.8) is 0 Å². The van der Waals surface area contributed by atoms with Gasteiger partial charge in [0, 0.05) is 0 Å². The number of carbonyl (C=O) groups is 2. The molecular weight excluding hydrogens is 518 g/mol. The van der Waals surface area contributed by atoms with Gasteiger partial charge < -0.3 is 18.9 Å². The highest BCUT2D eigenvalue weighted by atomic mass is 79.9. The van der Waals surface area contributed by atoms with Crippen molar-refractivity contribution in [1.82, 2.24) is 0 Å². The van der Waals surface area contributed by atoms with Crippen LogP contribution in [0.25, 0.3) is 6.08 Å². The summed E-state index contributed by atoms with van der Waals surface area (Å²) in [6.45, 7) is 1.97. The maximum Gasteiger partial charge on any atom is 0.343 e. The van der Waals surface area contributed by atoms with Gasteiger partial charge in [-0.2, -0.15) is 0 Å². The molecule has 1 heterocycles. The lowest BCUT2D eigenvalue weighted by molar-refractivity contribution is -0.142. The number of ether oxygens (including phenoxy) is 4. The average molecular weight is 538 g/mol. The van der Waals surface area contributed by atoms with Gasteiger partial charge in [0.2, 0.25) is 0 Å². The van der Waals surface area contributed by atoms with E-state index in [1.54, 1.807) is 37.5 Å². The molecule has 0 N–H and O–H groups in total. The van der Waals surface area contributed by atoms with E-state index in [4.69, 9.17) is 26.4 Å². The summed E-state index contributed by atoms with van der Waals surface area (Å²) in [5.41, 5.74) is 1.29. The molecule has 0 spiro atoms. The molecule has 1 saturated heterocycles. The molecule has 168 valence electrons. The molecule has 1 aliphatic rings. The Hall–Kier alpha value is -2.56. The maximum atomic E-state index is 13.1. The third-order valence-corrected chi connectivity index (χ3v) is 6.20. The highest BCUT2D eigenvalue weighted by Gasteiger charge is 2.35. The Labute approximate surface area is 203 Å². The highest BCUT2D eigenvalue weighted by molar-refractivity contribution is 9.10. The Morgan fingerprint density at radius 1 is 1.19 bits per heavy atom. The molecule has 0 bridgehead atoms. The molecule has 7 nitrogen and oxygen atoms in total. The van der Waals surface area contributed by atoms with Crippen LogP contribution in [0, 0.1) is 0 Å². The molecule has 10 heteroatoms. The monoisotopic (exact) mass is 537 g/mol. The number of carbonyl (C=O) groups excluding carboxylic acids is 2. The minimum absolute atomic E-state index is 0.246. The first kappa shape index (κ1) is 24.1. The number of amides is 1. The van der Waals surface area contributed by atoms with Crippen molar-refractivity contribution in [3.05, 3.63) is 51.3 Å². The fraction of sp³-hybridized carbons (Fsp3) is 0.227. The number of halogens is 1. The first-order chi connectivity index (χ1) is 15.4. The minimum Gasteiger partial charge on any atom is -0.495 e. The predicted octanol–water partition coefficient (Wildman–Crippen LogP) is 4.81. The van der Waals surface area contributed by atoms with Crippen LogP contribution < -0.4 is 19.1 Å². The molecule has 1 amide bonds. The zero-order valence-corrected chi connectivity index (χ0v) is 20.8. The average Bonchev–Trinajstić information content (AvgIpc) is 3.05. The number of rotatable bonds is 8. The van der Waals surface area contributed by atoms with E-state index in [-0.39, 0.29) is 12.5 Å². The van der Waals surface area contributed by atoms with Crippen LogP contribution in [0.2, 0.25) is 0 Å². The predicted molar refractivity (Wildman–Crippen MR) is 131 cm³/mol. The minimum atomic E-state index is -0.511. The molecule has 3 rings (SSSR count). The number of hydrogen-bond donors (Lipinski definition) is 0. The zero-order chi connectivity index (χ0) is 23.3. The van der Waals surface area contributed by atoms with Gasteiger partial charge in [-0.15, -0.1) is 0 Å². The molecule has 0 aliphatic carbocycles. The summed E-state index contributed by atoms with van der Waals surface area (Å²) in [5.74, 6) is 0.597. The van der Waals surface area contributed by atoms with Crippen molar-refractivity contribution < 1.29 is 28.5 Å². The summed E-state index contributed by atoms with van der Waals surface area (Å²) >= 11 is 10.1. The van der Waals surface area contributed by atoms with Crippen molar-refractivity contribution in [3.8, 4) is 17.2 Å². The van der Waals surface area contributed by atoms with Crippen LogP contribution in [0.15, 0.2) is 45.8 Å². The Balaban J connectivity index is 1.93. The van der Waals surface area contributed by atoms with Crippen LogP contribution >= 0.6 is 39.9 Å². The van der Waals surface area contributed by atoms with Crippen LogP contribution in [0.1, 0.15) is 12.5 Å². The van der Waals surface area contributed by atoms with Gasteiger partial charge in [-0.25, -0.2) is 4.79 Å². The summed E-state index contributed by atoms with van der Waals surface area (Å²) in [4.78, 5) is 26.5. The molecule has 0 unspecified atom stereocenters. The van der Waals surface area contributed by atoms with Gasteiger partial charge in [-0.1, -0.05) is 36.1 Å². The Morgan fingerprint density at radius 2 is 1.94 bits per heavy atom. The van der Waals surface area contributed by atoms with Gasteiger partial charge in [0.1, 0.15) is 5.75 Å². The van der Waals surface area contributed by atoms with E-state index < -0.39 is 5.97 Å². The number of methoxy groups -OCH3 is 2. The van der Waals surface area contributed by atoms with Gasteiger partial charge in [-0.3, -0.25) is 9.69 Å². The molecule has 0 saturated carbocycles. The lowest BCUT2D eigenvalue weighted by Gasteiger charge is -2.17. The fourth-order valence-corrected chi connectivity index (χ4v) is 4.76. The van der Waals surface area contributed by atoms with Gasteiger partial charge in [0.15, 0.2) is 22.4 Å². The number of benzene rings is 2. The van der Waals surface area contributed by atoms with Crippen LogP contribution in [-0.2, 0) is 14.3 Å². The van der Waals surface area contributed by atoms with Gasteiger partial charge in [0.25, 0.3) is 5.91 Å². The molecule has 32 heavy (non-hydrogen) atoms. The maximum absolute atomic E-state index is 13.1. The van der Waals surface area contributed by atoms with Crippen molar-refractivity contribution in [1.29, 1.82) is 0 Å². The van der Waals surface area contributed by atoms with E-state index >= 15 is 0 Å². The third-order valence-electron chi connectivity index (χ3n) is 4.31. The Kier molecular flexibility index (Phi) is 8.16. The number of thiocarbonyl (C=S) groups is 1. The largest absolute Gasteiger partial charge is 0.495 e. The number of para-hydroxylation sites is 2. The molecular formula is C22H20BrNO6S2. The molecule has 2 aromatic carbocycles. The molecule has 0 atom stereocenters. The van der Waals surface area contributed by atoms with E-state index in [1.807, 2.05) is 19.1 Å². The Bertz CT molecular complexity index is 1090. The number of esters is 1. The van der Waals surface area contributed by atoms with E-state index in [1.165, 1.54) is 23.8 Å². The van der Waals surface area contributed by atoms with Crippen LogP contribution in [-0.4, -0.2) is 43.6 Å². The molecule has 2 aromatic rings. The summed E-state index contributed by atoms with van der Waals surface area (Å²) in [7, 11) is 2.83. The van der Waals surface area contributed by atoms with E-state index in [2.05, 4.69) is 20.7 Å². The fourth-order valence-electron chi connectivity index (χ4n) is 2.91. The second kappa shape index (κ2) is 10.8. The molecule has 0 radical (unpaired) electrons. The van der Waals surface area contributed by atoms with E-state index in [0.717, 1.165) is 0 Å². The summed E-state index contributed by atoms with van der Waals surface area (Å²) in [6, 6.07) is 10.7. The number of nitrogens with zero attached hydrogens (tertiary/aromatic N) is 1. The standard InChI is InChI=1S/C22H20BrNO6S2/c1-4-29-17-10-13(9-14(23)20(17)30-12-19(25)28-3)11-18-21(26)24(22(31)32-18)15-7-5-6-8-16(15)27-2/h5-11H,4,12H2,1-3H3/b18-11-. The normalized spacial score (nSPS) is 14.6. The van der Waals surface area contributed by atoms with Crippen molar-refractivity contribution in [2.75, 3.05) is 32.3 Å². The lowest BCUT2D eigenvalue weighted by atomic mass is 10.1. The topological polar surface area (TPSA) is 74.3 Å². The number of thioether (sulfide) groups is 1. The van der Waals surface area contributed by atoms with E-state index in [0.29, 0.717) is 48.8 Å². The van der Waals surface area contributed by atoms with Crippen molar-refractivity contribution >= 4 is 67.9 Å². The van der Waals surface area contributed by atoms with Crippen LogP contribution in [0.5, 0.6) is 17.2 Å². The van der Waals surface area contributed by atoms with Gasteiger partial charge >= 0.3 is 5.97 Å². The smallest absolute Gasteiger partial charge is 0.343 e. The molecule has 1 aliphatic heterocycles. The first-order valence-corrected chi connectivity index (χ1v) is 11.5. The number of anilines is 1. The van der Waals surface area contributed by atoms with Crippen molar-refractivity contribution in [2.45, 2.75) is 6.92 Å². The number of hydrogen-bond acceptors (Lipinski definition) is 8.